The molecule has 0 radical (unpaired) electrons. The maximum absolute atomic E-state index is 12.2. The van der Waals surface area contributed by atoms with Crippen LogP contribution in [0, 0.1) is 0 Å². The molecule has 4 rings (SSSR count). The zero-order valence-electron chi connectivity index (χ0n) is 10.1. The molecule has 2 heterocycles. The lowest BCUT2D eigenvalue weighted by molar-refractivity contribution is -0.110. The van der Waals surface area contributed by atoms with Gasteiger partial charge in [0.1, 0.15) is 12.4 Å². The average Bonchev–Trinajstić information content (AvgIpc) is 2.98. The van der Waals surface area contributed by atoms with E-state index in [1.165, 1.54) is 0 Å². The number of rotatable bonds is 0. The van der Waals surface area contributed by atoms with E-state index in [1.54, 1.807) is 0 Å². The van der Waals surface area contributed by atoms with Gasteiger partial charge in [-0.3, -0.25) is 4.79 Å². The van der Waals surface area contributed by atoms with Crippen molar-refractivity contribution in [3.8, 4) is 0 Å². The molecule has 0 atom stereocenters. The molecule has 3 nitrogen and oxygen atoms in total. The van der Waals surface area contributed by atoms with Gasteiger partial charge in [0.05, 0.1) is 5.57 Å². The van der Waals surface area contributed by atoms with Gasteiger partial charge in [0.2, 0.25) is 0 Å². The molecule has 1 N–H and O–H groups in total. The Labute approximate surface area is 110 Å². The number of ether oxygens (including phenoxy) is 1. The molecule has 2 aliphatic rings. The van der Waals surface area contributed by atoms with Gasteiger partial charge in [-0.05, 0) is 6.07 Å². The first-order chi connectivity index (χ1) is 9.34. The van der Waals surface area contributed by atoms with Crippen molar-refractivity contribution in [3.63, 3.8) is 0 Å². The minimum Gasteiger partial charge on any atom is -0.487 e. The average molecular weight is 249 g/mol. The number of hydrogen-bond donors (Lipinski definition) is 1. The van der Waals surface area contributed by atoms with Crippen molar-refractivity contribution >= 4 is 22.9 Å². The van der Waals surface area contributed by atoms with Crippen LogP contribution >= 0.6 is 0 Å². The van der Waals surface area contributed by atoms with E-state index in [1.807, 2.05) is 48.5 Å². The van der Waals surface area contributed by atoms with Crippen LogP contribution in [0.2, 0.25) is 0 Å². The fourth-order valence-corrected chi connectivity index (χ4v) is 2.64. The normalized spacial score (nSPS) is 19.7. The Kier molecular flexibility index (Phi) is 2.03. The maximum atomic E-state index is 12.2. The molecular formula is C16H11NO2. The minimum absolute atomic E-state index is 0.0899. The molecule has 0 fully saturated rings. The van der Waals surface area contributed by atoms with Crippen LogP contribution in [0.4, 0.5) is 5.69 Å². The van der Waals surface area contributed by atoms with Crippen molar-refractivity contribution in [2.75, 3.05) is 5.32 Å². The molecule has 1 amide bonds. The quantitative estimate of drug-likeness (QED) is 0.729. The van der Waals surface area contributed by atoms with Gasteiger partial charge in [0.15, 0.2) is 0 Å². The van der Waals surface area contributed by atoms with Crippen molar-refractivity contribution in [3.05, 3.63) is 65.2 Å². The Balaban J connectivity index is 1.99. The highest BCUT2D eigenvalue weighted by molar-refractivity contribution is 6.36. The van der Waals surface area contributed by atoms with Crippen molar-refractivity contribution in [1.82, 2.24) is 0 Å². The monoisotopic (exact) mass is 249 g/mol. The second-order valence-electron chi connectivity index (χ2n) is 4.65. The predicted octanol–water partition coefficient (Wildman–Crippen LogP) is 3.04. The molecule has 0 saturated carbocycles. The van der Waals surface area contributed by atoms with E-state index >= 15 is 0 Å². The van der Waals surface area contributed by atoms with Crippen LogP contribution in [0.3, 0.4) is 0 Å². The SMILES string of the molecule is O=C1Nc2ccccc2C1=C1OCc2ccccc21. The molecule has 0 aromatic heterocycles. The summed E-state index contributed by atoms with van der Waals surface area (Å²) >= 11 is 0. The van der Waals surface area contributed by atoms with Crippen LogP contribution in [0.1, 0.15) is 16.7 Å². The summed E-state index contributed by atoms with van der Waals surface area (Å²) in [4.78, 5) is 12.2. The van der Waals surface area contributed by atoms with E-state index in [0.717, 1.165) is 22.4 Å². The maximum Gasteiger partial charge on any atom is 0.260 e. The zero-order valence-corrected chi connectivity index (χ0v) is 10.1. The zero-order chi connectivity index (χ0) is 12.8. The number of carbonyl (C=O) groups is 1. The molecule has 2 aromatic rings. The number of amides is 1. The molecule has 92 valence electrons. The van der Waals surface area contributed by atoms with E-state index < -0.39 is 0 Å². The Morgan fingerprint density at radius 3 is 2.58 bits per heavy atom. The first kappa shape index (κ1) is 10.4. The second kappa shape index (κ2) is 3.72. The number of anilines is 1. The molecule has 0 aliphatic carbocycles. The minimum atomic E-state index is -0.0899. The summed E-state index contributed by atoms with van der Waals surface area (Å²) in [6.45, 7) is 0.532. The van der Waals surface area contributed by atoms with Gasteiger partial charge in [-0.25, -0.2) is 0 Å². The molecule has 0 spiro atoms. The first-order valence-electron chi connectivity index (χ1n) is 6.21. The van der Waals surface area contributed by atoms with Gasteiger partial charge in [0, 0.05) is 22.4 Å². The Morgan fingerprint density at radius 2 is 1.68 bits per heavy atom. The fraction of sp³-hybridized carbons (Fsp3) is 0.0625. The molecule has 0 unspecified atom stereocenters. The third-order valence-corrected chi connectivity index (χ3v) is 3.53. The third-order valence-electron chi connectivity index (χ3n) is 3.53. The standard InChI is InChI=1S/C16H11NO2/c18-16-14(12-7-3-4-8-13(12)17-16)15-11-6-2-1-5-10(11)9-19-15/h1-8H,9H2,(H,17,18). The highest BCUT2D eigenvalue weighted by Gasteiger charge is 2.31. The molecule has 0 saturated heterocycles. The molecule has 3 heteroatoms. The summed E-state index contributed by atoms with van der Waals surface area (Å²) < 4.78 is 5.75. The molecule has 2 aliphatic heterocycles. The van der Waals surface area contributed by atoms with Crippen LogP contribution in [-0.4, -0.2) is 5.91 Å². The van der Waals surface area contributed by atoms with Crippen LogP contribution < -0.4 is 5.32 Å². The molecule has 2 aromatic carbocycles. The van der Waals surface area contributed by atoms with Crippen molar-refractivity contribution in [2.45, 2.75) is 6.61 Å². The van der Waals surface area contributed by atoms with Crippen molar-refractivity contribution < 1.29 is 9.53 Å². The second-order valence-corrected chi connectivity index (χ2v) is 4.65. The van der Waals surface area contributed by atoms with Crippen LogP contribution in [-0.2, 0) is 16.1 Å². The van der Waals surface area contributed by atoms with Crippen LogP contribution in [0.5, 0.6) is 0 Å². The van der Waals surface area contributed by atoms with E-state index in [-0.39, 0.29) is 5.91 Å². The van der Waals surface area contributed by atoms with E-state index in [2.05, 4.69) is 5.32 Å². The number of hydrogen-bond acceptors (Lipinski definition) is 2. The third kappa shape index (κ3) is 1.41. The number of nitrogens with one attached hydrogen (secondary N) is 1. The van der Waals surface area contributed by atoms with E-state index in [4.69, 9.17) is 4.74 Å². The van der Waals surface area contributed by atoms with Gasteiger partial charge >= 0.3 is 0 Å². The van der Waals surface area contributed by atoms with E-state index in [9.17, 15) is 4.79 Å². The number of para-hydroxylation sites is 1. The van der Waals surface area contributed by atoms with Gasteiger partial charge in [0.25, 0.3) is 5.91 Å². The summed E-state index contributed by atoms with van der Waals surface area (Å²) in [5.74, 6) is 0.603. The number of fused-ring (bicyclic) bond motifs is 2. The van der Waals surface area contributed by atoms with Gasteiger partial charge in [-0.15, -0.1) is 0 Å². The number of benzene rings is 2. The fourth-order valence-electron chi connectivity index (χ4n) is 2.64. The topological polar surface area (TPSA) is 38.3 Å². The summed E-state index contributed by atoms with van der Waals surface area (Å²) in [7, 11) is 0. The van der Waals surface area contributed by atoms with Crippen LogP contribution in [0.25, 0.3) is 11.3 Å². The highest BCUT2D eigenvalue weighted by atomic mass is 16.5. The summed E-state index contributed by atoms with van der Waals surface area (Å²) in [6.07, 6.45) is 0. The Bertz CT molecular complexity index is 731. The smallest absolute Gasteiger partial charge is 0.260 e. The lowest BCUT2D eigenvalue weighted by atomic mass is 10.0. The van der Waals surface area contributed by atoms with Crippen LogP contribution in [0.15, 0.2) is 48.5 Å². The van der Waals surface area contributed by atoms with E-state index in [0.29, 0.717) is 17.9 Å². The largest absolute Gasteiger partial charge is 0.487 e. The first-order valence-corrected chi connectivity index (χ1v) is 6.21. The number of carbonyl (C=O) groups excluding carboxylic acids is 1. The van der Waals surface area contributed by atoms with Gasteiger partial charge < -0.3 is 10.1 Å². The molecular weight excluding hydrogens is 238 g/mol. The van der Waals surface area contributed by atoms with Gasteiger partial charge in [-0.1, -0.05) is 42.5 Å². The molecule has 0 bridgehead atoms. The Morgan fingerprint density at radius 1 is 0.947 bits per heavy atom. The predicted molar refractivity (Wildman–Crippen MR) is 73.1 cm³/mol. The van der Waals surface area contributed by atoms with Crippen molar-refractivity contribution in [2.24, 2.45) is 0 Å². The molecule has 19 heavy (non-hydrogen) atoms. The van der Waals surface area contributed by atoms with Gasteiger partial charge in [-0.2, -0.15) is 0 Å². The summed E-state index contributed by atoms with van der Waals surface area (Å²) in [5, 5.41) is 2.88. The summed E-state index contributed by atoms with van der Waals surface area (Å²) in [5.41, 5.74) is 4.55. The lowest BCUT2D eigenvalue weighted by Gasteiger charge is -2.04. The van der Waals surface area contributed by atoms with Crippen molar-refractivity contribution in [1.29, 1.82) is 0 Å². The lowest BCUT2D eigenvalue weighted by Crippen LogP contribution is -2.05. The summed E-state index contributed by atoms with van der Waals surface area (Å²) in [6, 6.07) is 15.7. The Hall–Kier alpha value is -2.55. The highest BCUT2D eigenvalue weighted by Crippen LogP contribution is 2.41.